The van der Waals surface area contributed by atoms with Crippen molar-refractivity contribution < 1.29 is 5.11 Å². The summed E-state index contributed by atoms with van der Waals surface area (Å²) in [6, 6.07) is 19.7. The lowest BCUT2D eigenvalue weighted by atomic mass is 10.0. The molecule has 0 spiro atoms. The number of rotatable bonds is 5. The number of benzene rings is 2. The van der Waals surface area contributed by atoms with Gasteiger partial charge in [-0.2, -0.15) is 0 Å². The van der Waals surface area contributed by atoms with Gasteiger partial charge in [0.2, 0.25) is 0 Å². The molecule has 1 saturated heterocycles. The lowest BCUT2D eigenvalue weighted by Crippen LogP contribution is -2.46. The highest BCUT2D eigenvalue weighted by molar-refractivity contribution is 5.46. The Morgan fingerprint density at radius 1 is 1.17 bits per heavy atom. The van der Waals surface area contributed by atoms with Gasteiger partial charge < -0.3 is 15.3 Å². The summed E-state index contributed by atoms with van der Waals surface area (Å²) in [6.45, 7) is 4.49. The van der Waals surface area contributed by atoms with E-state index in [0.29, 0.717) is 12.1 Å². The second-order valence-corrected chi connectivity index (χ2v) is 6.41. The van der Waals surface area contributed by atoms with E-state index in [4.69, 9.17) is 0 Å². The van der Waals surface area contributed by atoms with Crippen molar-refractivity contribution >= 4 is 5.69 Å². The highest BCUT2D eigenvalue weighted by Gasteiger charge is 2.21. The number of hydrogen-bond donors (Lipinski definition) is 2. The van der Waals surface area contributed by atoms with Gasteiger partial charge in [0.1, 0.15) is 0 Å². The van der Waals surface area contributed by atoms with Gasteiger partial charge in [0.05, 0.1) is 6.61 Å². The molecule has 0 aromatic heterocycles. The second-order valence-electron chi connectivity index (χ2n) is 6.41. The van der Waals surface area contributed by atoms with Gasteiger partial charge in [-0.1, -0.05) is 42.5 Å². The molecule has 1 heterocycles. The number of anilines is 1. The fourth-order valence-electron chi connectivity index (χ4n) is 3.40. The quantitative estimate of drug-likeness (QED) is 0.887. The van der Waals surface area contributed by atoms with Crippen LogP contribution in [0.3, 0.4) is 0 Å². The third-order valence-electron chi connectivity index (χ3n) is 4.66. The molecule has 1 aliphatic rings. The summed E-state index contributed by atoms with van der Waals surface area (Å²) < 4.78 is 0. The smallest absolute Gasteiger partial charge is 0.0681 e. The number of piperidine rings is 1. The van der Waals surface area contributed by atoms with E-state index < -0.39 is 0 Å². The molecule has 3 heteroatoms. The van der Waals surface area contributed by atoms with Crippen LogP contribution in [0.1, 0.15) is 36.9 Å². The van der Waals surface area contributed by atoms with Gasteiger partial charge in [-0.3, -0.25) is 0 Å². The molecular weight excluding hydrogens is 284 g/mol. The van der Waals surface area contributed by atoms with Gasteiger partial charge in [0.25, 0.3) is 0 Å². The zero-order valence-electron chi connectivity index (χ0n) is 13.8. The second kappa shape index (κ2) is 7.62. The lowest BCUT2D eigenvalue weighted by molar-refractivity contribution is 0.281. The molecule has 3 nitrogen and oxygen atoms in total. The monoisotopic (exact) mass is 310 g/mol. The summed E-state index contributed by atoms with van der Waals surface area (Å²) in [5.74, 6) is 0. The molecule has 0 aliphatic carbocycles. The summed E-state index contributed by atoms with van der Waals surface area (Å²) in [4.78, 5) is 2.47. The third kappa shape index (κ3) is 4.12. The first-order chi connectivity index (χ1) is 11.3. The predicted molar refractivity (Wildman–Crippen MR) is 95.6 cm³/mol. The minimum atomic E-state index is 0.103. The van der Waals surface area contributed by atoms with Crippen molar-refractivity contribution in [2.75, 3.05) is 18.0 Å². The van der Waals surface area contributed by atoms with Crippen LogP contribution in [-0.4, -0.2) is 24.2 Å². The Labute approximate surface area is 139 Å². The van der Waals surface area contributed by atoms with Crippen LogP contribution in [0.5, 0.6) is 0 Å². The molecule has 23 heavy (non-hydrogen) atoms. The Morgan fingerprint density at radius 2 is 2.00 bits per heavy atom. The number of hydrogen-bond acceptors (Lipinski definition) is 3. The topological polar surface area (TPSA) is 35.5 Å². The normalized spacial score (nSPS) is 19.6. The average Bonchev–Trinajstić information content (AvgIpc) is 2.63. The van der Waals surface area contributed by atoms with Crippen molar-refractivity contribution in [3.05, 3.63) is 65.7 Å². The number of nitrogens with zero attached hydrogens (tertiary/aromatic N) is 1. The van der Waals surface area contributed by atoms with Crippen LogP contribution < -0.4 is 10.2 Å². The highest BCUT2D eigenvalue weighted by Crippen LogP contribution is 2.22. The van der Waals surface area contributed by atoms with E-state index in [-0.39, 0.29) is 6.61 Å². The van der Waals surface area contributed by atoms with Gasteiger partial charge in [0, 0.05) is 30.9 Å². The standard InChI is InChI=1S/C20H26N2O/c1-16(18-8-5-7-17(13-18)15-23)21-19-9-6-12-22(14-19)20-10-3-2-4-11-20/h2-5,7-8,10-11,13,16,19,21,23H,6,9,12,14-15H2,1H3. The Morgan fingerprint density at radius 3 is 2.78 bits per heavy atom. The van der Waals surface area contributed by atoms with Crippen LogP contribution in [0.2, 0.25) is 0 Å². The molecule has 2 unspecified atom stereocenters. The largest absolute Gasteiger partial charge is 0.392 e. The minimum absolute atomic E-state index is 0.103. The number of para-hydroxylation sites is 1. The lowest BCUT2D eigenvalue weighted by Gasteiger charge is -2.36. The minimum Gasteiger partial charge on any atom is -0.392 e. The van der Waals surface area contributed by atoms with Crippen molar-refractivity contribution in [1.29, 1.82) is 0 Å². The highest BCUT2D eigenvalue weighted by atomic mass is 16.3. The number of aliphatic hydroxyl groups excluding tert-OH is 1. The summed E-state index contributed by atoms with van der Waals surface area (Å²) in [5.41, 5.74) is 3.54. The van der Waals surface area contributed by atoms with Gasteiger partial charge in [-0.25, -0.2) is 0 Å². The zero-order valence-corrected chi connectivity index (χ0v) is 13.8. The molecule has 1 aliphatic heterocycles. The third-order valence-corrected chi connectivity index (χ3v) is 4.66. The predicted octanol–water partition coefficient (Wildman–Crippen LogP) is 3.50. The van der Waals surface area contributed by atoms with E-state index in [2.05, 4.69) is 59.6 Å². The fraction of sp³-hybridized carbons (Fsp3) is 0.400. The maximum Gasteiger partial charge on any atom is 0.0681 e. The average molecular weight is 310 g/mol. The molecule has 2 atom stereocenters. The molecule has 2 aromatic carbocycles. The van der Waals surface area contributed by atoms with Gasteiger partial charge in [-0.15, -0.1) is 0 Å². The first-order valence-electron chi connectivity index (χ1n) is 8.52. The van der Waals surface area contributed by atoms with Crippen molar-refractivity contribution in [1.82, 2.24) is 5.32 Å². The molecule has 3 rings (SSSR count). The van der Waals surface area contributed by atoms with Crippen LogP contribution in [0, 0.1) is 0 Å². The first-order valence-corrected chi connectivity index (χ1v) is 8.52. The Balaban J connectivity index is 1.63. The van der Waals surface area contributed by atoms with Gasteiger partial charge >= 0.3 is 0 Å². The van der Waals surface area contributed by atoms with E-state index in [9.17, 15) is 5.11 Å². The van der Waals surface area contributed by atoms with E-state index in [0.717, 1.165) is 18.7 Å². The summed E-state index contributed by atoms with van der Waals surface area (Å²) in [5, 5.41) is 13.1. The number of aliphatic hydroxyl groups is 1. The van der Waals surface area contributed by atoms with Crippen LogP contribution in [-0.2, 0) is 6.61 Å². The van der Waals surface area contributed by atoms with Crippen LogP contribution in [0.4, 0.5) is 5.69 Å². The summed E-state index contributed by atoms with van der Waals surface area (Å²) >= 11 is 0. The molecule has 122 valence electrons. The van der Waals surface area contributed by atoms with Crippen molar-refractivity contribution in [2.45, 2.75) is 38.5 Å². The summed E-state index contributed by atoms with van der Waals surface area (Å²) in [6.07, 6.45) is 2.43. The molecule has 0 bridgehead atoms. The maximum absolute atomic E-state index is 9.30. The van der Waals surface area contributed by atoms with Crippen LogP contribution in [0.15, 0.2) is 54.6 Å². The fourth-order valence-corrected chi connectivity index (χ4v) is 3.40. The van der Waals surface area contributed by atoms with Crippen molar-refractivity contribution in [3.8, 4) is 0 Å². The molecule has 2 aromatic rings. The summed E-state index contributed by atoms with van der Waals surface area (Å²) in [7, 11) is 0. The number of nitrogens with one attached hydrogen (secondary N) is 1. The SMILES string of the molecule is CC(NC1CCCN(c2ccccc2)C1)c1cccc(CO)c1. The maximum atomic E-state index is 9.30. The van der Waals surface area contributed by atoms with Gasteiger partial charge in [0.15, 0.2) is 0 Å². The Hall–Kier alpha value is -1.84. The van der Waals surface area contributed by atoms with E-state index >= 15 is 0 Å². The van der Waals surface area contributed by atoms with Crippen molar-refractivity contribution in [3.63, 3.8) is 0 Å². The Bertz CT molecular complexity index is 614. The molecular formula is C20H26N2O. The molecule has 1 fully saturated rings. The zero-order chi connectivity index (χ0) is 16.1. The van der Waals surface area contributed by atoms with Gasteiger partial charge in [-0.05, 0) is 43.0 Å². The van der Waals surface area contributed by atoms with E-state index in [1.54, 1.807) is 0 Å². The molecule has 2 N–H and O–H groups in total. The first kappa shape index (κ1) is 16.0. The molecule has 0 amide bonds. The molecule has 0 saturated carbocycles. The van der Waals surface area contributed by atoms with Crippen molar-refractivity contribution in [2.24, 2.45) is 0 Å². The van der Waals surface area contributed by atoms with E-state index in [1.807, 2.05) is 12.1 Å². The van der Waals surface area contributed by atoms with Crippen LogP contribution >= 0.6 is 0 Å². The van der Waals surface area contributed by atoms with Crippen LogP contribution in [0.25, 0.3) is 0 Å². The Kier molecular flexibility index (Phi) is 5.31. The van der Waals surface area contributed by atoms with E-state index in [1.165, 1.54) is 24.1 Å². The molecule has 0 radical (unpaired) electrons.